The van der Waals surface area contributed by atoms with Crippen LogP contribution >= 0.6 is 0 Å². The van der Waals surface area contributed by atoms with Crippen LogP contribution in [-0.2, 0) is 0 Å². The predicted octanol–water partition coefficient (Wildman–Crippen LogP) is 3.03. The molecule has 0 bridgehead atoms. The standard InChI is InChI=1S/C17H36N2O/c1-7-17(8-2,12-18-15(3,4)5)14-19-11-9-10-16(6,20)13-19/h18,20H,7-14H2,1-6H3. The van der Waals surface area contributed by atoms with Crippen LogP contribution in [0.5, 0.6) is 0 Å². The van der Waals surface area contributed by atoms with Gasteiger partial charge in [-0.15, -0.1) is 0 Å². The van der Waals surface area contributed by atoms with E-state index in [2.05, 4.69) is 44.8 Å². The third-order valence-electron chi connectivity index (χ3n) is 4.81. The van der Waals surface area contributed by atoms with Crippen molar-refractivity contribution in [2.75, 3.05) is 26.2 Å². The molecule has 1 aliphatic rings. The van der Waals surface area contributed by atoms with Gasteiger partial charge in [-0.1, -0.05) is 13.8 Å². The molecule has 3 heteroatoms. The average Bonchev–Trinajstić information content (AvgIpc) is 2.32. The maximum atomic E-state index is 10.3. The molecule has 1 fully saturated rings. The van der Waals surface area contributed by atoms with Gasteiger partial charge in [0.25, 0.3) is 0 Å². The Hall–Kier alpha value is -0.120. The Bertz CT molecular complexity index is 290. The molecule has 3 nitrogen and oxygen atoms in total. The molecule has 20 heavy (non-hydrogen) atoms. The molecule has 120 valence electrons. The zero-order chi connectivity index (χ0) is 15.4. The van der Waals surface area contributed by atoms with E-state index >= 15 is 0 Å². The summed E-state index contributed by atoms with van der Waals surface area (Å²) in [5, 5.41) is 14.0. The third-order valence-corrected chi connectivity index (χ3v) is 4.81. The lowest BCUT2D eigenvalue weighted by atomic mass is 9.80. The first-order chi connectivity index (χ1) is 9.11. The fourth-order valence-corrected chi connectivity index (χ4v) is 3.16. The molecule has 1 heterocycles. The van der Waals surface area contributed by atoms with E-state index in [0.717, 1.165) is 39.0 Å². The molecule has 1 rings (SSSR count). The normalized spacial score (nSPS) is 25.9. The summed E-state index contributed by atoms with van der Waals surface area (Å²) in [5.74, 6) is 0. The van der Waals surface area contributed by atoms with Crippen LogP contribution in [0, 0.1) is 5.41 Å². The summed E-state index contributed by atoms with van der Waals surface area (Å²) in [7, 11) is 0. The van der Waals surface area contributed by atoms with Crippen molar-refractivity contribution in [3.8, 4) is 0 Å². The maximum Gasteiger partial charge on any atom is 0.0746 e. The number of hydrogen-bond acceptors (Lipinski definition) is 3. The second-order valence-corrected chi connectivity index (χ2v) is 8.12. The van der Waals surface area contributed by atoms with Crippen molar-refractivity contribution >= 4 is 0 Å². The van der Waals surface area contributed by atoms with E-state index in [-0.39, 0.29) is 5.54 Å². The zero-order valence-corrected chi connectivity index (χ0v) is 14.6. The minimum absolute atomic E-state index is 0.170. The Morgan fingerprint density at radius 3 is 2.25 bits per heavy atom. The van der Waals surface area contributed by atoms with Gasteiger partial charge in [-0.2, -0.15) is 0 Å². The molecular weight excluding hydrogens is 248 g/mol. The van der Waals surface area contributed by atoms with Gasteiger partial charge < -0.3 is 10.4 Å². The summed E-state index contributed by atoms with van der Waals surface area (Å²) in [6.45, 7) is 17.4. The van der Waals surface area contributed by atoms with Gasteiger partial charge in [-0.3, -0.25) is 4.90 Å². The molecule has 0 saturated carbocycles. The van der Waals surface area contributed by atoms with E-state index in [9.17, 15) is 5.11 Å². The fraction of sp³-hybridized carbons (Fsp3) is 1.00. The minimum atomic E-state index is -0.497. The highest BCUT2D eigenvalue weighted by Gasteiger charge is 2.34. The molecule has 0 spiro atoms. The smallest absolute Gasteiger partial charge is 0.0746 e. The summed E-state index contributed by atoms with van der Waals surface area (Å²) in [6, 6.07) is 0. The van der Waals surface area contributed by atoms with Crippen molar-refractivity contribution in [2.45, 2.75) is 78.4 Å². The molecule has 0 aromatic heterocycles. The van der Waals surface area contributed by atoms with Crippen molar-refractivity contribution in [3.05, 3.63) is 0 Å². The fourth-order valence-electron chi connectivity index (χ4n) is 3.16. The summed E-state index contributed by atoms with van der Waals surface area (Å²) in [5.41, 5.74) is -0.00733. The summed E-state index contributed by atoms with van der Waals surface area (Å²) in [6.07, 6.45) is 4.43. The lowest BCUT2D eigenvalue weighted by Gasteiger charge is -2.44. The topological polar surface area (TPSA) is 35.5 Å². The van der Waals surface area contributed by atoms with Crippen molar-refractivity contribution in [1.82, 2.24) is 10.2 Å². The van der Waals surface area contributed by atoms with E-state index in [1.807, 2.05) is 6.92 Å². The number of nitrogens with one attached hydrogen (secondary N) is 1. The second-order valence-electron chi connectivity index (χ2n) is 8.12. The first-order valence-corrected chi connectivity index (χ1v) is 8.31. The SMILES string of the molecule is CCC(CC)(CNC(C)(C)C)CN1CCCC(C)(O)C1. The summed E-state index contributed by atoms with van der Waals surface area (Å²) >= 11 is 0. The lowest BCUT2D eigenvalue weighted by molar-refractivity contribution is -0.0301. The molecule has 2 N–H and O–H groups in total. The van der Waals surface area contributed by atoms with Crippen LogP contribution in [0.15, 0.2) is 0 Å². The molecule has 1 unspecified atom stereocenters. The van der Waals surface area contributed by atoms with Gasteiger partial charge in [0, 0.05) is 25.2 Å². The number of hydrogen-bond donors (Lipinski definition) is 2. The molecular formula is C17H36N2O. The number of aliphatic hydroxyl groups is 1. The van der Waals surface area contributed by atoms with Gasteiger partial charge in [-0.05, 0) is 65.3 Å². The Morgan fingerprint density at radius 2 is 1.80 bits per heavy atom. The molecule has 0 aromatic carbocycles. The Balaban J connectivity index is 2.65. The van der Waals surface area contributed by atoms with Gasteiger partial charge in [-0.25, -0.2) is 0 Å². The van der Waals surface area contributed by atoms with Crippen LogP contribution in [-0.4, -0.2) is 47.3 Å². The van der Waals surface area contributed by atoms with Crippen molar-refractivity contribution in [3.63, 3.8) is 0 Å². The van der Waals surface area contributed by atoms with Crippen LogP contribution in [0.4, 0.5) is 0 Å². The first-order valence-electron chi connectivity index (χ1n) is 8.31. The van der Waals surface area contributed by atoms with Gasteiger partial charge in [0.05, 0.1) is 5.60 Å². The number of β-amino-alcohol motifs (C(OH)–C–C–N with tert-alkyl or cyclic N) is 1. The largest absolute Gasteiger partial charge is 0.389 e. The minimum Gasteiger partial charge on any atom is -0.389 e. The molecule has 0 aromatic rings. The van der Waals surface area contributed by atoms with Gasteiger partial charge in [0.2, 0.25) is 0 Å². The van der Waals surface area contributed by atoms with E-state index in [0.29, 0.717) is 5.41 Å². The highest BCUT2D eigenvalue weighted by atomic mass is 16.3. The lowest BCUT2D eigenvalue weighted by Crippen LogP contribution is -2.53. The Morgan fingerprint density at radius 1 is 1.20 bits per heavy atom. The van der Waals surface area contributed by atoms with Crippen LogP contribution in [0.1, 0.15) is 67.2 Å². The monoisotopic (exact) mass is 284 g/mol. The number of piperidine rings is 1. The van der Waals surface area contributed by atoms with E-state index in [1.165, 1.54) is 12.8 Å². The van der Waals surface area contributed by atoms with Crippen LogP contribution in [0.25, 0.3) is 0 Å². The molecule has 0 aliphatic carbocycles. The number of nitrogens with zero attached hydrogens (tertiary/aromatic N) is 1. The first kappa shape index (κ1) is 17.9. The van der Waals surface area contributed by atoms with Crippen LogP contribution < -0.4 is 5.32 Å². The molecule has 0 amide bonds. The zero-order valence-electron chi connectivity index (χ0n) is 14.6. The second kappa shape index (κ2) is 6.76. The van der Waals surface area contributed by atoms with Gasteiger partial charge >= 0.3 is 0 Å². The molecule has 1 saturated heterocycles. The van der Waals surface area contributed by atoms with Gasteiger partial charge in [0.15, 0.2) is 0 Å². The summed E-state index contributed by atoms with van der Waals surface area (Å²) in [4.78, 5) is 2.47. The molecule has 0 radical (unpaired) electrons. The van der Waals surface area contributed by atoms with Crippen molar-refractivity contribution in [2.24, 2.45) is 5.41 Å². The molecule has 1 aliphatic heterocycles. The maximum absolute atomic E-state index is 10.3. The molecule has 1 atom stereocenters. The summed E-state index contributed by atoms with van der Waals surface area (Å²) < 4.78 is 0. The van der Waals surface area contributed by atoms with Crippen molar-refractivity contribution < 1.29 is 5.11 Å². The third kappa shape index (κ3) is 5.71. The van der Waals surface area contributed by atoms with Gasteiger partial charge in [0.1, 0.15) is 0 Å². The average molecular weight is 284 g/mol. The Kier molecular flexibility index (Phi) is 6.06. The quantitative estimate of drug-likeness (QED) is 0.787. The van der Waals surface area contributed by atoms with E-state index in [4.69, 9.17) is 0 Å². The van der Waals surface area contributed by atoms with Crippen LogP contribution in [0.2, 0.25) is 0 Å². The number of likely N-dealkylation sites (tertiary alicyclic amines) is 1. The van der Waals surface area contributed by atoms with Crippen molar-refractivity contribution in [1.29, 1.82) is 0 Å². The van der Waals surface area contributed by atoms with E-state index < -0.39 is 5.60 Å². The highest BCUT2D eigenvalue weighted by Crippen LogP contribution is 2.30. The number of rotatable bonds is 6. The predicted molar refractivity (Wildman–Crippen MR) is 87.1 cm³/mol. The highest BCUT2D eigenvalue weighted by molar-refractivity contribution is 4.90. The Labute approximate surface area is 126 Å². The van der Waals surface area contributed by atoms with E-state index in [1.54, 1.807) is 0 Å². The van der Waals surface area contributed by atoms with Crippen LogP contribution in [0.3, 0.4) is 0 Å².